The predicted octanol–water partition coefficient (Wildman–Crippen LogP) is 2.10. The van der Waals surface area contributed by atoms with Gasteiger partial charge in [-0.2, -0.15) is 5.10 Å². The molecule has 1 heterocycles. The van der Waals surface area contributed by atoms with Gasteiger partial charge in [-0.25, -0.2) is 0 Å². The number of anilines is 1. The standard InChI is InChI=1S/C15H13N3O2/c1-9-3-5-10(6-4-9)17-12-7-13(19)11-8-16-18(2)14(11)15(12)20/h3-8,17H,1-2H3. The number of Topliss-reactive ketones (excluding diaryl/α,β-unsaturated/α-hetero) is 1. The van der Waals surface area contributed by atoms with Crippen molar-refractivity contribution in [3.8, 4) is 0 Å². The van der Waals surface area contributed by atoms with E-state index in [0.717, 1.165) is 11.3 Å². The fourth-order valence-electron chi connectivity index (χ4n) is 2.17. The van der Waals surface area contributed by atoms with Gasteiger partial charge in [-0.3, -0.25) is 14.3 Å². The van der Waals surface area contributed by atoms with Crippen LogP contribution in [-0.2, 0) is 7.05 Å². The van der Waals surface area contributed by atoms with Crippen LogP contribution in [0.4, 0.5) is 5.69 Å². The summed E-state index contributed by atoms with van der Waals surface area (Å²) in [6.07, 6.45) is 2.75. The van der Waals surface area contributed by atoms with Crippen molar-refractivity contribution in [3.63, 3.8) is 0 Å². The minimum atomic E-state index is -0.222. The van der Waals surface area contributed by atoms with E-state index in [1.165, 1.54) is 17.0 Å². The maximum Gasteiger partial charge on any atom is 0.228 e. The minimum Gasteiger partial charge on any atom is -0.352 e. The second-order valence-electron chi connectivity index (χ2n) is 4.77. The van der Waals surface area contributed by atoms with Crippen molar-refractivity contribution in [2.24, 2.45) is 7.05 Å². The topological polar surface area (TPSA) is 64.0 Å². The molecule has 1 aliphatic carbocycles. The lowest BCUT2D eigenvalue weighted by molar-refractivity contribution is 0.0979. The highest BCUT2D eigenvalue weighted by atomic mass is 16.1. The molecule has 0 spiro atoms. The summed E-state index contributed by atoms with van der Waals surface area (Å²) in [5.74, 6) is -0.428. The van der Waals surface area contributed by atoms with E-state index in [4.69, 9.17) is 0 Å². The molecule has 100 valence electrons. The van der Waals surface area contributed by atoms with E-state index in [0.29, 0.717) is 11.3 Å². The second kappa shape index (κ2) is 4.45. The first-order valence-electron chi connectivity index (χ1n) is 6.22. The van der Waals surface area contributed by atoms with E-state index in [1.807, 2.05) is 31.2 Å². The molecule has 3 rings (SSSR count). The largest absolute Gasteiger partial charge is 0.352 e. The molecule has 2 aromatic rings. The normalized spacial score (nSPS) is 14.0. The van der Waals surface area contributed by atoms with Crippen molar-refractivity contribution in [1.29, 1.82) is 0 Å². The zero-order valence-corrected chi connectivity index (χ0v) is 11.2. The van der Waals surface area contributed by atoms with Gasteiger partial charge < -0.3 is 5.32 Å². The van der Waals surface area contributed by atoms with Crippen molar-refractivity contribution >= 4 is 17.3 Å². The quantitative estimate of drug-likeness (QED) is 0.905. The van der Waals surface area contributed by atoms with E-state index in [1.54, 1.807) is 7.05 Å². The summed E-state index contributed by atoms with van der Waals surface area (Å²) in [6, 6.07) is 7.61. The second-order valence-corrected chi connectivity index (χ2v) is 4.77. The monoisotopic (exact) mass is 267 g/mol. The first-order chi connectivity index (χ1) is 9.56. The molecule has 0 unspecified atom stereocenters. The summed E-state index contributed by atoms with van der Waals surface area (Å²) in [4.78, 5) is 24.3. The average molecular weight is 267 g/mol. The smallest absolute Gasteiger partial charge is 0.228 e. The number of aryl methyl sites for hydroxylation is 2. The van der Waals surface area contributed by atoms with Crippen LogP contribution in [0.2, 0.25) is 0 Å². The summed E-state index contributed by atoms with van der Waals surface area (Å²) in [7, 11) is 1.65. The van der Waals surface area contributed by atoms with E-state index in [2.05, 4.69) is 10.4 Å². The number of rotatable bonds is 2. The summed E-state index contributed by atoms with van der Waals surface area (Å²) >= 11 is 0. The van der Waals surface area contributed by atoms with E-state index in [-0.39, 0.29) is 17.3 Å². The maximum absolute atomic E-state index is 12.4. The lowest BCUT2D eigenvalue weighted by Gasteiger charge is -2.14. The van der Waals surface area contributed by atoms with E-state index >= 15 is 0 Å². The molecule has 1 aliphatic rings. The Balaban J connectivity index is 1.95. The molecule has 0 saturated heterocycles. The SMILES string of the molecule is Cc1ccc(NC2=CC(=O)c3cnn(C)c3C2=O)cc1. The van der Waals surface area contributed by atoms with Gasteiger partial charge in [0.2, 0.25) is 5.78 Å². The Morgan fingerprint density at radius 3 is 2.55 bits per heavy atom. The van der Waals surface area contributed by atoms with Crippen LogP contribution >= 0.6 is 0 Å². The van der Waals surface area contributed by atoms with Crippen LogP contribution in [0.1, 0.15) is 26.4 Å². The predicted molar refractivity (Wildman–Crippen MR) is 74.8 cm³/mol. The minimum absolute atomic E-state index is 0.206. The Morgan fingerprint density at radius 1 is 1.15 bits per heavy atom. The fraction of sp³-hybridized carbons (Fsp3) is 0.133. The number of allylic oxidation sites excluding steroid dienone is 2. The first kappa shape index (κ1) is 12.3. The number of hydrogen-bond donors (Lipinski definition) is 1. The van der Waals surface area contributed by atoms with E-state index < -0.39 is 0 Å². The molecule has 5 nitrogen and oxygen atoms in total. The van der Waals surface area contributed by atoms with Crippen LogP contribution in [0.15, 0.2) is 42.2 Å². The molecule has 0 saturated carbocycles. The van der Waals surface area contributed by atoms with Crippen LogP contribution < -0.4 is 5.32 Å². The maximum atomic E-state index is 12.4. The van der Waals surface area contributed by atoms with Crippen LogP contribution in [0.3, 0.4) is 0 Å². The molecule has 5 heteroatoms. The van der Waals surface area contributed by atoms with Crippen LogP contribution in [0, 0.1) is 6.92 Å². The van der Waals surface area contributed by atoms with Gasteiger partial charge in [-0.15, -0.1) is 0 Å². The van der Waals surface area contributed by atoms with Gasteiger partial charge in [0, 0.05) is 18.8 Å². The first-order valence-corrected chi connectivity index (χ1v) is 6.22. The Morgan fingerprint density at radius 2 is 1.85 bits per heavy atom. The number of carbonyl (C=O) groups excluding carboxylic acids is 2. The highest BCUT2D eigenvalue weighted by Gasteiger charge is 2.29. The number of nitrogens with zero attached hydrogens (tertiary/aromatic N) is 2. The molecule has 1 N–H and O–H groups in total. The summed E-state index contributed by atoms with van der Waals surface area (Å²) in [5, 5.41) is 6.96. The fourth-order valence-corrected chi connectivity index (χ4v) is 2.17. The average Bonchev–Trinajstić information content (AvgIpc) is 2.81. The van der Waals surface area contributed by atoms with Gasteiger partial charge in [-0.1, -0.05) is 17.7 Å². The molecule has 1 aromatic heterocycles. The molecule has 0 aliphatic heterocycles. The Kier molecular flexibility index (Phi) is 2.75. The molecule has 0 atom stereocenters. The van der Waals surface area contributed by atoms with Crippen molar-refractivity contribution in [2.45, 2.75) is 6.92 Å². The van der Waals surface area contributed by atoms with Crippen LogP contribution in [-0.4, -0.2) is 21.3 Å². The summed E-state index contributed by atoms with van der Waals surface area (Å²) in [5.41, 5.74) is 2.85. The molecule has 0 radical (unpaired) electrons. The van der Waals surface area contributed by atoms with Gasteiger partial charge in [0.05, 0.1) is 17.5 Å². The zero-order chi connectivity index (χ0) is 14.3. The summed E-state index contributed by atoms with van der Waals surface area (Å²) < 4.78 is 1.43. The molecule has 0 fully saturated rings. The van der Waals surface area contributed by atoms with Gasteiger partial charge in [-0.05, 0) is 19.1 Å². The Hall–Kier alpha value is -2.69. The highest BCUT2D eigenvalue weighted by Crippen LogP contribution is 2.22. The number of hydrogen-bond acceptors (Lipinski definition) is 4. The third-order valence-electron chi connectivity index (χ3n) is 3.27. The third-order valence-corrected chi connectivity index (χ3v) is 3.27. The van der Waals surface area contributed by atoms with Crippen molar-refractivity contribution in [3.05, 3.63) is 59.1 Å². The van der Waals surface area contributed by atoms with E-state index in [9.17, 15) is 9.59 Å². The van der Waals surface area contributed by atoms with Gasteiger partial charge in [0.25, 0.3) is 0 Å². The Bertz CT molecular complexity index is 739. The number of ketones is 2. The molecule has 20 heavy (non-hydrogen) atoms. The number of benzene rings is 1. The highest BCUT2D eigenvalue weighted by molar-refractivity contribution is 6.24. The summed E-state index contributed by atoms with van der Waals surface area (Å²) in [6.45, 7) is 1.99. The van der Waals surface area contributed by atoms with Crippen molar-refractivity contribution in [2.75, 3.05) is 5.32 Å². The molecule has 1 aromatic carbocycles. The molecule has 0 bridgehead atoms. The van der Waals surface area contributed by atoms with Crippen LogP contribution in [0.25, 0.3) is 0 Å². The van der Waals surface area contributed by atoms with Gasteiger partial charge in [0.1, 0.15) is 5.69 Å². The van der Waals surface area contributed by atoms with Gasteiger partial charge in [0.15, 0.2) is 5.78 Å². The number of aromatic nitrogens is 2. The molecular weight excluding hydrogens is 254 g/mol. The Labute approximate surface area is 115 Å². The van der Waals surface area contributed by atoms with Gasteiger partial charge >= 0.3 is 0 Å². The third kappa shape index (κ3) is 1.93. The zero-order valence-electron chi connectivity index (χ0n) is 11.2. The number of nitrogens with one attached hydrogen (secondary N) is 1. The van der Waals surface area contributed by atoms with Crippen molar-refractivity contribution < 1.29 is 9.59 Å². The lowest BCUT2D eigenvalue weighted by atomic mass is 9.99. The number of fused-ring (bicyclic) bond motifs is 1. The lowest BCUT2D eigenvalue weighted by Crippen LogP contribution is -2.23. The van der Waals surface area contributed by atoms with Crippen molar-refractivity contribution in [1.82, 2.24) is 9.78 Å². The molecule has 0 amide bonds. The van der Waals surface area contributed by atoms with Crippen LogP contribution in [0.5, 0.6) is 0 Å². The number of carbonyl (C=O) groups is 2. The molecular formula is C15H13N3O2.